The van der Waals surface area contributed by atoms with E-state index in [1.807, 2.05) is 37.9 Å². The van der Waals surface area contributed by atoms with E-state index in [0.717, 1.165) is 24.4 Å². The number of rotatable bonds is 6. The maximum atomic E-state index is 12.5. The molecule has 1 aliphatic rings. The number of carbonyl (C=O) groups excluding carboxylic acids is 2. The zero-order valence-corrected chi connectivity index (χ0v) is 16.9. The molecule has 0 atom stereocenters. The third-order valence-electron chi connectivity index (χ3n) is 4.32. The highest BCUT2D eigenvalue weighted by molar-refractivity contribution is 6.04. The summed E-state index contributed by atoms with van der Waals surface area (Å²) in [6, 6.07) is 14.3. The highest BCUT2D eigenvalue weighted by Gasteiger charge is 2.14. The second-order valence-corrected chi connectivity index (χ2v) is 7.41. The molecule has 2 aromatic rings. The van der Waals surface area contributed by atoms with Crippen LogP contribution in [-0.2, 0) is 4.74 Å². The van der Waals surface area contributed by atoms with E-state index in [2.05, 4.69) is 15.7 Å². The Morgan fingerprint density at radius 1 is 1.10 bits per heavy atom. The maximum Gasteiger partial charge on any atom is 0.411 e. The Kier molecular flexibility index (Phi) is 6.49. The first kappa shape index (κ1) is 20.4. The Labute approximate surface area is 170 Å². The maximum absolute atomic E-state index is 12.5. The summed E-state index contributed by atoms with van der Waals surface area (Å²) in [6.07, 6.45) is 0.440. The molecule has 0 spiro atoms. The van der Waals surface area contributed by atoms with Crippen LogP contribution in [0.3, 0.4) is 0 Å². The Balaban J connectivity index is 1.59. The van der Waals surface area contributed by atoms with Gasteiger partial charge < -0.3 is 10.1 Å². The van der Waals surface area contributed by atoms with E-state index in [-0.39, 0.29) is 11.8 Å². The van der Waals surface area contributed by atoms with Crippen LogP contribution in [0.2, 0.25) is 0 Å². The lowest BCUT2D eigenvalue weighted by Gasteiger charge is -2.14. The van der Waals surface area contributed by atoms with Gasteiger partial charge in [-0.05, 0) is 55.3 Å². The molecule has 0 saturated heterocycles. The molecule has 0 unspecified atom stereocenters. The molecule has 0 fully saturated rings. The van der Waals surface area contributed by atoms with Gasteiger partial charge in [-0.25, -0.2) is 4.79 Å². The first-order chi connectivity index (χ1) is 13.9. The van der Waals surface area contributed by atoms with Gasteiger partial charge in [0.05, 0.1) is 12.3 Å². The number of hydrazone groups is 1. The van der Waals surface area contributed by atoms with Gasteiger partial charge in [0, 0.05) is 35.6 Å². The van der Waals surface area contributed by atoms with Gasteiger partial charge >= 0.3 is 6.09 Å². The number of nitrogens with one attached hydrogen (secondary N) is 2. The van der Waals surface area contributed by atoms with Crippen molar-refractivity contribution in [2.45, 2.75) is 27.2 Å². The van der Waals surface area contributed by atoms with Crippen molar-refractivity contribution in [1.29, 1.82) is 0 Å². The van der Waals surface area contributed by atoms with Gasteiger partial charge in [0.1, 0.15) is 0 Å². The molecule has 7 heteroatoms. The van der Waals surface area contributed by atoms with Crippen molar-refractivity contribution in [3.05, 3.63) is 54.1 Å². The van der Waals surface area contributed by atoms with Crippen LogP contribution in [0.1, 0.15) is 37.6 Å². The number of amides is 2. The van der Waals surface area contributed by atoms with Gasteiger partial charge in [0.15, 0.2) is 0 Å². The van der Waals surface area contributed by atoms with E-state index in [0.29, 0.717) is 23.5 Å². The summed E-state index contributed by atoms with van der Waals surface area (Å²) in [7, 11) is 0. The van der Waals surface area contributed by atoms with Gasteiger partial charge in [-0.15, -0.1) is 0 Å². The van der Waals surface area contributed by atoms with E-state index in [9.17, 15) is 9.59 Å². The summed E-state index contributed by atoms with van der Waals surface area (Å²) in [6.45, 7) is 7.15. The zero-order valence-electron chi connectivity index (χ0n) is 16.9. The van der Waals surface area contributed by atoms with Gasteiger partial charge in [0.2, 0.25) is 0 Å². The Morgan fingerprint density at radius 2 is 1.79 bits per heavy atom. The number of hydrogen-bond acceptors (Lipinski definition) is 5. The van der Waals surface area contributed by atoms with E-state index >= 15 is 0 Å². The summed E-state index contributed by atoms with van der Waals surface area (Å²) in [5.41, 5.74) is 3.75. The van der Waals surface area contributed by atoms with Gasteiger partial charge in [-0.2, -0.15) is 5.10 Å². The van der Waals surface area contributed by atoms with Crippen LogP contribution in [0.15, 0.2) is 53.6 Å². The van der Waals surface area contributed by atoms with Crippen molar-refractivity contribution >= 4 is 34.8 Å². The minimum absolute atomic E-state index is 0.225. The lowest BCUT2D eigenvalue weighted by Crippen LogP contribution is -2.17. The largest absolute Gasteiger partial charge is 0.449 e. The van der Waals surface area contributed by atoms with Crippen LogP contribution >= 0.6 is 0 Å². The average molecular weight is 394 g/mol. The summed E-state index contributed by atoms with van der Waals surface area (Å²) < 4.78 is 5.11. The van der Waals surface area contributed by atoms with Crippen molar-refractivity contribution in [3.63, 3.8) is 0 Å². The molecule has 0 bridgehead atoms. The summed E-state index contributed by atoms with van der Waals surface area (Å²) in [4.78, 5) is 24.3. The van der Waals surface area contributed by atoms with Crippen molar-refractivity contribution in [2.75, 3.05) is 28.8 Å². The second kappa shape index (κ2) is 9.23. The van der Waals surface area contributed by atoms with E-state index in [1.54, 1.807) is 36.4 Å². The lowest BCUT2D eigenvalue weighted by atomic mass is 10.2. The second-order valence-electron chi connectivity index (χ2n) is 7.41. The van der Waals surface area contributed by atoms with Gasteiger partial charge in [-0.1, -0.05) is 19.9 Å². The zero-order chi connectivity index (χ0) is 20.8. The predicted octanol–water partition coefficient (Wildman–Crippen LogP) is 4.73. The fraction of sp³-hybridized carbons (Fsp3) is 0.318. The molecular formula is C22H26N4O3. The summed E-state index contributed by atoms with van der Waals surface area (Å²) in [5, 5.41) is 11.9. The lowest BCUT2D eigenvalue weighted by molar-refractivity contribution is 0.102. The van der Waals surface area contributed by atoms with E-state index in [4.69, 9.17) is 4.74 Å². The number of nitrogens with zero attached hydrogens (tertiary/aromatic N) is 2. The van der Waals surface area contributed by atoms with Gasteiger partial charge in [-0.3, -0.25) is 15.1 Å². The number of carbonyl (C=O) groups is 2. The predicted molar refractivity (Wildman–Crippen MR) is 116 cm³/mol. The summed E-state index contributed by atoms with van der Waals surface area (Å²) in [5.74, 6) is 0.0382. The van der Waals surface area contributed by atoms with Crippen LogP contribution < -0.4 is 15.6 Å². The average Bonchev–Trinajstić information content (AvgIpc) is 3.13. The standard InChI is InChI=1S/C22H26N4O3/c1-15(2)14-29-22(28)24-19-6-4-5-18(13-19)23-21(27)17-7-9-20(10-8-17)26-12-11-16(3)25-26/h4-10,13,15H,11-12,14H2,1-3H3,(H,23,27)(H,24,28). The molecular weight excluding hydrogens is 368 g/mol. The van der Waals surface area contributed by atoms with E-state index in [1.165, 1.54) is 0 Å². The van der Waals surface area contributed by atoms with Crippen LogP contribution in [0.4, 0.5) is 21.9 Å². The normalized spacial score (nSPS) is 13.2. The fourth-order valence-electron chi connectivity index (χ4n) is 2.82. The van der Waals surface area contributed by atoms with Crippen molar-refractivity contribution in [3.8, 4) is 0 Å². The third kappa shape index (κ3) is 5.81. The smallest absolute Gasteiger partial charge is 0.411 e. The number of hydrogen-bond donors (Lipinski definition) is 2. The van der Waals surface area contributed by atoms with Crippen LogP contribution in [0, 0.1) is 5.92 Å². The number of anilines is 3. The molecule has 152 valence electrons. The Morgan fingerprint density at radius 3 is 2.41 bits per heavy atom. The topological polar surface area (TPSA) is 83.0 Å². The molecule has 29 heavy (non-hydrogen) atoms. The minimum atomic E-state index is -0.516. The first-order valence-electron chi connectivity index (χ1n) is 9.67. The quantitative estimate of drug-likeness (QED) is 0.742. The fourth-order valence-corrected chi connectivity index (χ4v) is 2.82. The van der Waals surface area contributed by atoms with Crippen molar-refractivity contribution in [2.24, 2.45) is 11.0 Å². The molecule has 7 nitrogen and oxygen atoms in total. The van der Waals surface area contributed by atoms with Crippen LogP contribution in [-0.4, -0.2) is 30.9 Å². The molecule has 2 amide bonds. The Hall–Kier alpha value is -3.35. The molecule has 1 aliphatic heterocycles. The molecule has 2 aromatic carbocycles. The molecule has 2 N–H and O–H groups in total. The molecule has 0 aliphatic carbocycles. The number of benzene rings is 2. The summed E-state index contributed by atoms with van der Waals surface area (Å²) >= 11 is 0. The monoisotopic (exact) mass is 394 g/mol. The number of ether oxygens (including phenoxy) is 1. The molecule has 0 radical (unpaired) electrons. The minimum Gasteiger partial charge on any atom is -0.449 e. The van der Waals surface area contributed by atoms with E-state index < -0.39 is 6.09 Å². The highest BCUT2D eigenvalue weighted by atomic mass is 16.5. The first-order valence-corrected chi connectivity index (χ1v) is 9.67. The molecule has 3 rings (SSSR count). The SMILES string of the molecule is CC1=NN(c2ccc(C(=O)Nc3cccc(NC(=O)OCC(C)C)c3)cc2)CC1. The van der Waals surface area contributed by atoms with Crippen LogP contribution in [0.25, 0.3) is 0 Å². The van der Waals surface area contributed by atoms with Crippen LogP contribution in [0.5, 0.6) is 0 Å². The molecule has 0 aromatic heterocycles. The van der Waals surface area contributed by atoms with Crippen molar-refractivity contribution < 1.29 is 14.3 Å². The van der Waals surface area contributed by atoms with Gasteiger partial charge in [0.25, 0.3) is 5.91 Å². The third-order valence-corrected chi connectivity index (χ3v) is 4.32. The molecule has 0 saturated carbocycles. The van der Waals surface area contributed by atoms with Crippen molar-refractivity contribution in [1.82, 2.24) is 0 Å². The Bertz CT molecular complexity index is 907. The highest BCUT2D eigenvalue weighted by Crippen LogP contribution is 2.21. The molecule has 1 heterocycles.